The van der Waals surface area contributed by atoms with Crippen molar-refractivity contribution in [1.29, 1.82) is 0 Å². The van der Waals surface area contributed by atoms with Crippen LogP contribution in [0.5, 0.6) is 5.88 Å². The molecule has 0 bridgehead atoms. The van der Waals surface area contributed by atoms with Crippen molar-refractivity contribution in [1.82, 2.24) is 4.98 Å². The Morgan fingerprint density at radius 2 is 1.82 bits per heavy atom. The van der Waals surface area contributed by atoms with Gasteiger partial charge in [-0.2, -0.15) is 0 Å². The fourth-order valence-corrected chi connectivity index (χ4v) is 3.70. The van der Waals surface area contributed by atoms with Crippen LogP contribution in [0.15, 0.2) is 21.2 Å². The van der Waals surface area contributed by atoms with Crippen LogP contribution in [0, 0.1) is 11.8 Å². The van der Waals surface area contributed by atoms with Crippen LogP contribution in [0.2, 0.25) is 0 Å². The van der Waals surface area contributed by atoms with Crippen LogP contribution in [0.4, 0.5) is 0 Å². The van der Waals surface area contributed by atoms with Gasteiger partial charge < -0.3 is 4.74 Å². The summed E-state index contributed by atoms with van der Waals surface area (Å²) in [7, 11) is 0. The third kappa shape index (κ3) is 3.68. The monoisotopic (exact) mass is 361 g/mol. The summed E-state index contributed by atoms with van der Waals surface area (Å²) < 4.78 is 7.88. The van der Waals surface area contributed by atoms with E-state index in [-0.39, 0.29) is 0 Å². The molecule has 0 saturated heterocycles. The molecule has 94 valence electrons. The second-order valence-electron chi connectivity index (χ2n) is 5.10. The van der Waals surface area contributed by atoms with Crippen LogP contribution in [0.1, 0.15) is 33.1 Å². The molecule has 2 nitrogen and oxygen atoms in total. The number of rotatable bonds is 2. The van der Waals surface area contributed by atoms with Crippen molar-refractivity contribution in [3.8, 4) is 5.88 Å². The number of nitrogens with zero attached hydrogens (tertiary/aromatic N) is 1. The Bertz CT molecular complexity index is 387. The SMILES string of the molecule is CC1CC(C)CC(Oc2ncc(Br)cc2Br)C1. The summed E-state index contributed by atoms with van der Waals surface area (Å²) in [5.41, 5.74) is 0. The van der Waals surface area contributed by atoms with E-state index in [2.05, 4.69) is 50.7 Å². The van der Waals surface area contributed by atoms with Gasteiger partial charge in [0.25, 0.3) is 0 Å². The van der Waals surface area contributed by atoms with E-state index >= 15 is 0 Å². The van der Waals surface area contributed by atoms with Crippen molar-refractivity contribution in [3.05, 3.63) is 21.2 Å². The van der Waals surface area contributed by atoms with Crippen molar-refractivity contribution in [2.75, 3.05) is 0 Å². The highest BCUT2D eigenvalue weighted by molar-refractivity contribution is 9.11. The molecule has 1 saturated carbocycles. The predicted octanol–water partition coefficient (Wildman–Crippen LogP) is 4.81. The van der Waals surface area contributed by atoms with Gasteiger partial charge in [-0.1, -0.05) is 13.8 Å². The lowest BCUT2D eigenvalue weighted by Crippen LogP contribution is -2.28. The van der Waals surface area contributed by atoms with Gasteiger partial charge in [-0.05, 0) is 69.0 Å². The molecule has 4 heteroatoms. The molecule has 1 fully saturated rings. The van der Waals surface area contributed by atoms with Gasteiger partial charge in [-0.15, -0.1) is 0 Å². The molecule has 1 aliphatic carbocycles. The molecule has 0 spiro atoms. The molecule has 2 atom stereocenters. The third-order valence-corrected chi connectivity index (χ3v) is 4.19. The molecule has 1 aromatic rings. The molecule has 1 aliphatic rings. The van der Waals surface area contributed by atoms with Crippen molar-refractivity contribution in [2.45, 2.75) is 39.2 Å². The van der Waals surface area contributed by atoms with E-state index in [1.54, 1.807) is 6.20 Å². The lowest BCUT2D eigenvalue weighted by molar-refractivity contribution is 0.0959. The second-order valence-corrected chi connectivity index (χ2v) is 6.87. The minimum Gasteiger partial charge on any atom is -0.474 e. The topological polar surface area (TPSA) is 22.1 Å². The zero-order chi connectivity index (χ0) is 12.4. The summed E-state index contributed by atoms with van der Waals surface area (Å²) in [6, 6.07) is 1.97. The van der Waals surface area contributed by atoms with E-state index in [1.165, 1.54) is 6.42 Å². The molecule has 0 amide bonds. The van der Waals surface area contributed by atoms with Gasteiger partial charge in [0, 0.05) is 10.7 Å². The van der Waals surface area contributed by atoms with Gasteiger partial charge >= 0.3 is 0 Å². The minimum atomic E-state index is 0.304. The first-order valence-corrected chi connectivity index (χ1v) is 7.61. The summed E-state index contributed by atoms with van der Waals surface area (Å²) in [6.45, 7) is 4.60. The average molecular weight is 363 g/mol. The lowest BCUT2D eigenvalue weighted by atomic mass is 9.82. The van der Waals surface area contributed by atoms with Crippen molar-refractivity contribution >= 4 is 31.9 Å². The molecular formula is C13H17Br2NO. The van der Waals surface area contributed by atoms with E-state index in [1.807, 2.05) is 6.07 Å². The quantitative estimate of drug-likeness (QED) is 0.753. The average Bonchev–Trinajstić information content (AvgIpc) is 2.21. The largest absolute Gasteiger partial charge is 0.474 e. The highest BCUT2D eigenvalue weighted by atomic mass is 79.9. The van der Waals surface area contributed by atoms with Gasteiger partial charge in [0.1, 0.15) is 6.10 Å². The Morgan fingerprint density at radius 1 is 1.18 bits per heavy atom. The van der Waals surface area contributed by atoms with Crippen molar-refractivity contribution in [3.63, 3.8) is 0 Å². The molecule has 1 aromatic heterocycles. The zero-order valence-electron chi connectivity index (χ0n) is 10.1. The first-order chi connectivity index (χ1) is 8.04. The van der Waals surface area contributed by atoms with Gasteiger partial charge in [0.15, 0.2) is 0 Å². The smallest absolute Gasteiger partial charge is 0.228 e. The predicted molar refractivity (Wildman–Crippen MR) is 76.2 cm³/mol. The first kappa shape index (κ1) is 13.3. The van der Waals surface area contributed by atoms with E-state index < -0.39 is 0 Å². The number of hydrogen-bond donors (Lipinski definition) is 0. The Morgan fingerprint density at radius 3 is 2.41 bits per heavy atom. The maximum atomic E-state index is 6.00. The number of pyridine rings is 1. The summed E-state index contributed by atoms with van der Waals surface area (Å²) in [5.74, 6) is 2.20. The molecule has 2 rings (SSSR count). The Kier molecular flexibility index (Phi) is 4.47. The van der Waals surface area contributed by atoms with Crippen LogP contribution in [-0.2, 0) is 0 Å². The number of hydrogen-bond acceptors (Lipinski definition) is 2. The maximum absolute atomic E-state index is 6.00. The van der Waals surface area contributed by atoms with Gasteiger partial charge in [-0.25, -0.2) is 4.98 Å². The summed E-state index contributed by atoms with van der Waals surface area (Å²) in [6.07, 6.45) is 5.66. The van der Waals surface area contributed by atoms with Gasteiger partial charge in [0.05, 0.1) is 4.47 Å². The highest BCUT2D eigenvalue weighted by Gasteiger charge is 2.26. The zero-order valence-corrected chi connectivity index (χ0v) is 13.3. The molecule has 0 aromatic carbocycles. The molecule has 2 unspecified atom stereocenters. The van der Waals surface area contributed by atoms with Crippen LogP contribution < -0.4 is 4.74 Å². The molecule has 17 heavy (non-hydrogen) atoms. The van der Waals surface area contributed by atoms with Crippen LogP contribution >= 0.6 is 31.9 Å². The minimum absolute atomic E-state index is 0.304. The third-order valence-electron chi connectivity index (χ3n) is 3.19. The van der Waals surface area contributed by atoms with Crippen LogP contribution in [-0.4, -0.2) is 11.1 Å². The first-order valence-electron chi connectivity index (χ1n) is 6.02. The Hall–Kier alpha value is -0.0900. The van der Waals surface area contributed by atoms with Crippen LogP contribution in [0.25, 0.3) is 0 Å². The fraction of sp³-hybridized carbons (Fsp3) is 0.615. The molecule has 0 radical (unpaired) electrons. The molecule has 0 N–H and O–H groups in total. The van der Waals surface area contributed by atoms with Gasteiger partial charge in [0.2, 0.25) is 5.88 Å². The highest BCUT2D eigenvalue weighted by Crippen LogP contribution is 2.33. The van der Waals surface area contributed by atoms with Gasteiger partial charge in [-0.3, -0.25) is 0 Å². The standard InChI is InChI=1S/C13H17Br2NO/c1-8-3-9(2)5-11(4-8)17-13-12(15)6-10(14)7-16-13/h6-9,11H,3-5H2,1-2H3. The number of halogens is 2. The normalized spacial score (nSPS) is 29.1. The summed E-state index contributed by atoms with van der Waals surface area (Å²) >= 11 is 6.88. The lowest BCUT2D eigenvalue weighted by Gasteiger charge is -2.31. The number of aromatic nitrogens is 1. The number of ether oxygens (including phenoxy) is 1. The fourth-order valence-electron chi connectivity index (χ4n) is 2.62. The van der Waals surface area contributed by atoms with E-state index in [0.717, 1.165) is 33.6 Å². The summed E-state index contributed by atoms with van der Waals surface area (Å²) in [5, 5.41) is 0. The Balaban J connectivity index is 2.04. The Labute approximate surface area is 119 Å². The maximum Gasteiger partial charge on any atom is 0.228 e. The summed E-state index contributed by atoms with van der Waals surface area (Å²) in [4.78, 5) is 4.31. The van der Waals surface area contributed by atoms with Crippen molar-refractivity contribution < 1.29 is 4.74 Å². The van der Waals surface area contributed by atoms with Crippen molar-refractivity contribution in [2.24, 2.45) is 11.8 Å². The van der Waals surface area contributed by atoms with E-state index in [9.17, 15) is 0 Å². The van der Waals surface area contributed by atoms with E-state index in [0.29, 0.717) is 12.0 Å². The molecule has 1 heterocycles. The van der Waals surface area contributed by atoms with E-state index in [4.69, 9.17) is 4.74 Å². The molecule has 0 aliphatic heterocycles. The second kappa shape index (κ2) is 5.70. The van der Waals surface area contributed by atoms with Crippen LogP contribution in [0.3, 0.4) is 0 Å². The molecular weight excluding hydrogens is 346 g/mol.